The number of methoxy groups -OCH3 is 2. The fourth-order valence-electron chi connectivity index (χ4n) is 2.52. The van der Waals surface area contributed by atoms with E-state index in [-0.39, 0.29) is 5.91 Å². The van der Waals surface area contributed by atoms with Crippen LogP contribution in [0, 0.1) is 0 Å². The van der Waals surface area contributed by atoms with Gasteiger partial charge in [-0.3, -0.25) is 4.79 Å². The van der Waals surface area contributed by atoms with Gasteiger partial charge in [0.15, 0.2) is 11.5 Å². The van der Waals surface area contributed by atoms with E-state index in [1.807, 2.05) is 30.3 Å². The molecule has 2 N–H and O–H groups in total. The van der Waals surface area contributed by atoms with Gasteiger partial charge in [-0.2, -0.15) is 0 Å². The molecule has 0 unspecified atom stereocenters. The van der Waals surface area contributed by atoms with Crippen LogP contribution in [-0.4, -0.2) is 31.2 Å². The average molecular weight is 341 g/mol. The fraction of sp³-hybridized carbons (Fsp3) is 0.368. The number of aromatic nitrogens is 1. The Labute approximate surface area is 147 Å². The van der Waals surface area contributed by atoms with Crippen LogP contribution in [-0.2, 0) is 11.2 Å². The van der Waals surface area contributed by atoms with Gasteiger partial charge >= 0.3 is 0 Å². The van der Waals surface area contributed by atoms with Crippen molar-refractivity contribution in [3.8, 4) is 11.5 Å². The monoisotopic (exact) mass is 341 g/mol. The van der Waals surface area contributed by atoms with E-state index in [2.05, 4.69) is 15.6 Å². The summed E-state index contributed by atoms with van der Waals surface area (Å²) in [5.74, 6) is 1.85. The summed E-state index contributed by atoms with van der Waals surface area (Å²) < 4.78 is 10.5. The van der Waals surface area contributed by atoms with E-state index < -0.39 is 0 Å². The fourth-order valence-corrected chi connectivity index (χ4v) is 2.52. The van der Waals surface area contributed by atoms with Crippen LogP contribution in [0.15, 0.2) is 36.5 Å². The van der Waals surface area contributed by atoms with Crippen molar-refractivity contribution in [2.24, 2.45) is 0 Å². The van der Waals surface area contributed by atoms with Crippen LogP contribution in [0.25, 0.3) is 0 Å². The number of carbonyl (C=O) groups is 1. The van der Waals surface area contributed by atoms with Gasteiger partial charge in [0.25, 0.3) is 0 Å². The van der Waals surface area contributed by atoms with Gasteiger partial charge in [-0.25, -0.2) is 4.98 Å². The molecule has 0 aliphatic heterocycles. The molecule has 132 valence electrons. The molecule has 0 bridgehead atoms. The number of hydrogen-bond acceptors (Lipinski definition) is 5. The normalized spacial score (nSPS) is 13.2. The summed E-state index contributed by atoms with van der Waals surface area (Å²) in [5.41, 5.74) is 2.01. The molecular weight excluding hydrogens is 318 g/mol. The van der Waals surface area contributed by atoms with Crippen molar-refractivity contribution in [3.63, 3.8) is 0 Å². The van der Waals surface area contributed by atoms with E-state index in [1.54, 1.807) is 20.4 Å². The number of pyridine rings is 1. The SMILES string of the molecule is COc1ccc(CCC(=O)Nc2ccc(NC3CC3)cn2)cc1OC. The van der Waals surface area contributed by atoms with E-state index in [1.165, 1.54) is 12.8 Å². The van der Waals surface area contributed by atoms with Gasteiger partial charge in [-0.15, -0.1) is 0 Å². The predicted octanol–water partition coefficient (Wildman–Crippen LogP) is 3.24. The Morgan fingerprint density at radius 1 is 1.16 bits per heavy atom. The first-order valence-corrected chi connectivity index (χ1v) is 8.41. The quantitative estimate of drug-likeness (QED) is 0.771. The highest BCUT2D eigenvalue weighted by Gasteiger charge is 2.20. The Hall–Kier alpha value is -2.76. The van der Waals surface area contributed by atoms with E-state index in [9.17, 15) is 4.79 Å². The van der Waals surface area contributed by atoms with E-state index >= 15 is 0 Å². The van der Waals surface area contributed by atoms with Crippen LogP contribution in [0.4, 0.5) is 11.5 Å². The maximum Gasteiger partial charge on any atom is 0.225 e. The van der Waals surface area contributed by atoms with Gasteiger partial charge in [0.05, 0.1) is 26.1 Å². The number of hydrogen-bond donors (Lipinski definition) is 2. The first-order chi connectivity index (χ1) is 12.2. The zero-order chi connectivity index (χ0) is 17.6. The van der Waals surface area contributed by atoms with E-state index in [0.29, 0.717) is 36.2 Å². The van der Waals surface area contributed by atoms with Gasteiger partial charge in [-0.05, 0) is 49.1 Å². The smallest absolute Gasteiger partial charge is 0.225 e. The summed E-state index contributed by atoms with van der Waals surface area (Å²) in [7, 11) is 3.20. The maximum absolute atomic E-state index is 12.1. The zero-order valence-electron chi connectivity index (χ0n) is 14.5. The van der Waals surface area contributed by atoms with Crippen LogP contribution in [0.3, 0.4) is 0 Å². The molecule has 3 rings (SSSR count). The second-order valence-electron chi connectivity index (χ2n) is 6.09. The number of nitrogens with one attached hydrogen (secondary N) is 2. The molecule has 1 amide bonds. The van der Waals surface area contributed by atoms with Crippen LogP contribution < -0.4 is 20.1 Å². The van der Waals surface area contributed by atoms with Gasteiger partial charge in [0, 0.05) is 12.5 Å². The molecule has 2 aromatic rings. The van der Waals surface area contributed by atoms with Crippen LogP contribution in [0.1, 0.15) is 24.8 Å². The van der Waals surface area contributed by atoms with Crippen molar-refractivity contribution in [2.75, 3.05) is 24.9 Å². The van der Waals surface area contributed by atoms with Gasteiger partial charge < -0.3 is 20.1 Å². The van der Waals surface area contributed by atoms with Crippen LogP contribution in [0.2, 0.25) is 0 Å². The van der Waals surface area contributed by atoms with E-state index in [4.69, 9.17) is 9.47 Å². The number of anilines is 2. The third kappa shape index (κ3) is 4.86. The van der Waals surface area contributed by atoms with Crippen molar-refractivity contribution in [1.82, 2.24) is 4.98 Å². The average Bonchev–Trinajstić information content (AvgIpc) is 3.45. The molecule has 1 aromatic heterocycles. The summed E-state index contributed by atoms with van der Waals surface area (Å²) >= 11 is 0. The third-order valence-corrected chi connectivity index (χ3v) is 4.07. The molecule has 1 aliphatic rings. The minimum atomic E-state index is -0.0646. The summed E-state index contributed by atoms with van der Waals surface area (Å²) in [6.45, 7) is 0. The van der Waals surface area contributed by atoms with Crippen LogP contribution in [0.5, 0.6) is 11.5 Å². The maximum atomic E-state index is 12.1. The molecule has 0 radical (unpaired) electrons. The summed E-state index contributed by atoms with van der Waals surface area (Å²) in [6.07, 6.45) is 5.18. The lowest BCUT2D eigenvalue weighted by atomic mass is 10.1. The second-order valence-corrected chi connectivity index (χ2v) is 6.09. The molecule has 0 spiro atoms. The van der Waals surface area contributed by atoms with Crippen molar-refractivity contribution < 1.29 is 14.3 Å². The predicted molar refractivity (Wildman–Crippen MR) is 97.4 cm³/mol. The van der Waals surface area contributed by atoms with Gasteiger partial charge in [0.1, 0.15) is 5.82 Å². The Bertz CT molecular complexity index is 727. The molecular formula is C19H23N3O3. The molecule has 1 aromatic carbocycles. The Morgan fingerprint density at radius 3 is 2.60 bits per heavy atom. The molecule has 1 aliphatic carbocycles. The Morgan fingerprint density at radius 2 is 1.96 bits per heavy atom. The molecule has 0 atom stereocenters. The third-order valence-electron chi connectivity index (χ3n) is 4.07. The van der Waals surface area contributed by atoms with Crippen molar-refractivity contribution >= 4 is 17.4 Å². The molecule has 1 fully saturated rings. The van der Waals surface area contributed by atoms with Crippen molar-refractivity contribution in [1.29, 1.82) is 0 Å². The highest BCUT2D eigenvalue weighted by Crippen LogP contribution is 2.28. The topological polar surface area (TPSA) is 72.5 Å². The minimum absolute atomic E-state index is 0.0646. The molecule has 1 heterocycles. The van der Waals surface area contributed by atoms with Crippen LogP contribution >= 0.6 is 0 Å². The van der Waals surface area contributed by atoms with E-state index in [0.717, 1.165) is 11.3 Å². The second kappa shape index (κ2) is 7.88. The molecule has 25 heavy (non-hydrogen) atoms. The first kappa shape index (κ1) is 17.1. The molecule has 6 nitrogen and oxygen atoms in total. The Balaban J connectivity index is 1.50. The first-order valence-electron chi connectivity index (χ1n) is 8.41. The highest BCUT2D eigenvalue weighted by molar-refractivity contribution is 5.90. The summed E-state index contributed by atoms with van der Waals surface area (Å²) in [4.78, 5) is 16.4. The van der Waals surface area contributed by atoms with Gasteiger partial charge in [0.2, 0.25) is 5.91 Å². The number of rotatable bonds is 8. The molecule has 0 saturated heterocycles. The summed E-state index contributed by atoms with van der Waals surface area (Å²) in [6, 6.07) is 10.0. The largest absolute Gasteiger partial charge is 0.493 e. The Kier molecular flexibility index (Phi) is 5.38. The highest BCUT2D eigenvalue weighted by atomic mass is 16.5. The number of ether oxygens (including phenoxy) is 2. The molecule has 1 saturated carbocycles. The standard InChI is InChI=1S/C19H23N3O3/c1-24-16-8-3-13(11-17(16)25-2)4-10-19(23)22-18-9-7-15(12-20-18)21-14-5-6-14/h3,7-9,11-12,14,21H,4-6,10H2,1-2H3,(H,20,22,23). The van der Waals surface area contributed by atoms with Crippen molar-refractivity contribution in [3.05, 3.63) is 42.1 Å². The lowest BCUT2D eigenvalue weighted by Gasteiger charge is -2.10. The number of aryl methyl sites for hydroxylation is 1. The number of carbonyl (C=O) groups excluding carboxylic acids is 1. The lowest BCUT2D eigenvalue weighted by molar-refractivity contribution is -0.116. The molecule has 6 heteroatoms. The van der Waals surface area contributed by atoms with Gasteiger partial charge in [-0.1, -0.05) is 6.07 Å². The van der Waals surface area contributed by atoms with Crippen molar-refractivity contribution in [2.45, 2.75) is 31.7 Å². The number of nitrogens with zero attached hydrogens (tertiary/aromatic N) is 1. The number of amides is 1. The number of benzene rings is 1. The summed E-state index contributed by atoms with van der Waals surface area (Å²) in [5, 5.41) is 6.19. The lowest BCUT2D eigenvalue weighted by Crippen LogP contribution is -2.13. The minimum Gasteiger partial charge on any atom is -0.493 e. The zero-order valence-corrected chi connectivity index (χ0v) is 14.5.